The molecule has 0 aromatic carbocycles. The molecule has 0 fully saturated rings. The summed E-state index contributed by atoms with van der Waals surface area (Å²) in [5.41, 5.74) is 1.44. The summed E-state index contributed by atoms with van der Waals surface area (Å²) >= 11 is -2.28. The molecule has 1 N–H and O–H groups in total. The first-order chi connectivity index (χ1) is 11.6. The molecule has 0 spiro atoms. The van der Waals surface area contributed by atoms with Gasteiger partial charge in [-0.3, -0.25) is 0 Å². The van der Waals surface area contributed by atoms with E-state index in [9.17, 15) is 5.11 Å². The molecular formula is C22H44OSn. The molecule has 24 heavy (non-hydrogen) atoms. The van der Waals surface area contributed by atoms with Crippen LogP contribution in [-0.2, 0) is 0 Å². The Hall–Kier alpha value is 0.239. The molecule has 0 rings (SSSR count). The van der Waals surface area contributed by atoms with Gasteiger partial charge in [-0.05, 0) is 0 Å². The summed E-state index contributed by atoms with van der Waals surface area (Å²) in [4.78, 5) is 0. The van der Waals surface area contributed by atoms with E-state index in [1.165, 1.54) is 70.2 Å². The molecule has 0 saturated carbocycles. The van der Waals surface area contributed by atoms with E-state index in [-0.39, 0.29) is 0 Å². The summed E-state index contributed by atoms with van der Waals surface area (Å²) < 4.78 is 6.47. The van der Waals surface area contributed by atoms with Crippen LogP contribution in [0, 0.1) is 0 Å². The Morgan fingerprint density at radius 3 is 1.67 bits per heavy atom. The number of hydrogen-bond donors (Lipinski definition) is 1. The number of hydrogen-bond acceptors (Lipinski definition) is 1. The fraction of sp³-hybridized carbons (Fsp3) is 0.818. The molecule has 0 aromatic heterocycles. The van der Waals surface area contributed by atoms with Gasteiger partial charge in [-0.15, -0.1) is 0 Å². The van der Waals surface area contributed by atoms with Crippen LogP contribution in [0.25, 0.3) is 0 Å². The molecule has 0 aliphatic carbocycles. The minimum absolute atomic E-state index is 0.309. The number of allylic oxidation sites excluding steroid dienone is 3. The van der Waals surface area contributed by atoms with E-state index < -0.39 is 18.4 Å². The summed E-state index contributed by atoms with van der Waals surface area (Å²) in [6.07, 6.45) is 16.5. The van der Waals surface area contributed by atoms with Gasteiger partial charge in [0.15, 0.2) is 0 Å². The third-order valence-corrected chi connectivity index (χ3v) is 21.6. The SMILES string of the molecule is CCC[CH2][Sn]([CH2]CCC)([CH2]CCC)/[C](=C/CCO)CCC=C(C)C. The van der Waals surface area contributed by atoms with Crippen molar-refractivity contribution in [2.45, 2.75) is 106 Å². The van der Waals surface area contributed by atoms with Gasteiger partial charge in [0.1, 0.15) is 0 Å². The average Bonchev–Trinajstić information content (AvgIpc) is 2.57. The van der Waals surface area contributed by atoms with Crippen molar-refractivity contribution in [3.05, 3.63) is 21.3 Å². The Balaban J connectivity index is 5.47. The van der Waals surface area contributed by atoms with Crippen LogP contribution < -0.4 is 0 Å². The van der Waals surface area contributed by atoms with Crippen molar-refractivity contribution in [2.75, 3.05) is 6.61 Å². The predicted octanol–water partition coefficient (Wildman–Crippen LogP) is 7.43. The zero-order valence-electron chi connectivity index (χ0n) is 17.3. The van der Waals surface area contributed by atoms with Crippen LogP contribution in [0.5, 0.6) is 0 Å². The van der Waals surface area contributed by atoms with E-state index in [2.05, 4.69) is 46.8 Å². The minimum atomic E-state index is -2.28. The summed E-state index contributed by atoms with van der Waals surface area (Å²) in [6, 6.07) is 0. The van der Waals surface area contributed by atoms with Crippen LogP contribution in [0.15, 0.2) is 21.3 Å². The normalized spacial score (nSPS) is 12.5. The molecule has 2 heteroatoms. The molecule has 0 unspecified atom stereocenters. The van der Waals surface area contributed by atoms with Gasteiger partial charge >= 0.3 is 157 Å². The van der Waals surface area contributed by atoms with Crippen LogP contribution in [0.3, 0.4) is 0 Å². The van der Waals surface area contributed by atoms with Crippen molar-refractivity contribution in [3.63, 3.8) is 0 Å². The molecule has 0 radical (unpaired) electrons. The average molecular weight is 443 g/mol. The van der Waals surface area contributed by atoms with E-state index in [1.807, 2.05) is 3.59 Å². The molecule has 0 saturated heterocycles. The molecule has 0 aromatic rings. The van der Waals surface area contributed by atoms with Gasteiger partial charge in [0.2, 0.25) is 0 Å². The maximum atomic E-state index is 9.39. The Morgan fingerprint density at radius 2 is 1.29 bits per heavy atom. The zero-order valence-corrected chi connectivity index (χ0v) is 20.1. The van der Waals surface area contributed by atoms with E-state index in [1.54, 1.807) is 0 Å². The van der Waals surface area contributed by atoms with E-state index in [4.69, 9.17) is 0 Å². The van der Waals surface area contributed by atoms with Crippen LogP contribution in [-0.4, -0.2) is 30.1 Å². The van der Waals surface area contributed by atoms with Gasteiger partial charge in [0.25, 0.3) is 0 Å². The third-order valence-electron chi connectivity index (χ3n) is 5.19. The maximum absolute atomic E-state index is 9.39. The number of aliphatic hydroxyl groups excluding tert-OH is 1. The van der Waals surface area contributed by atoms with Crippen LogP contribution in [0.2, 0.25) is 13.3 Å². The van der Waals surface area contributed by atoms with Gasteiger partial charge in [-0.2, -0.15) is 0 Å². The van der Waals surface area contributed by atoms with Gasteiger partial charge < -0.3 is 0 Å². The monoisotopic (exact) mass is 444 g/mol. The molecule has 0 bridgehead atoms. The molecule has 0 heterocycles. The van der Waals surface area contributed by atoms with Crippen molar-refractivity contribution in [2.24, 2.45) is 0 Å². The molecule has 0 amide bonds. The van der Waals surface area contributed by atoms with E-state index in [0.717, 1.165) is 6.42 Å². The fourth-order valence-corrected chi connectivity index (χ4v) is 21.0. The summed E-state index contributed by atoms with van der Waals surface area (Å²) in [7, 11) is 0. The van der Waals surface area contributed by atoms with Gasteiger partial charge in [0.05, 0.1) is 0 Å². The standard InChI is InChI=1S/C10H17O.3C4H9.Sn/c1-10(2)8-6-4-3-5-7-9-11;3*1-3-4-2;/h5,8,11H,4,6-7,9H2,1-2H3;3*1,3-4H2,2H3;. The molecule has 0 aliphatic heterocycles. The van der Waals surface area contributed by atoms with E-state index in [0.29, 0.717) is 6.61 Å². The van der Waals surface area contributed by atoms with Gasteiger partial charge in [0, 0.05) is 0 Å². The summed E-state index contributed by atoms with van der Waals surface area (Å²) in [6.45, 7) is 11.8. The third kappa shape index (κ3) is 10.3. The predicted molar refractivity (Wildman–Crippen MR) is 113 cm³/mol. The Kier molecular flexibility index (Phi) is 15.6. The van der Waals surface area contributed by atoms with Crippen molar-refractivity contribution < 1.29 is 5.11 Å². The molecule has 1 nitrogen and oxygen atoms in total. The van der Waals surface area contributed by atoms with Crippen LogP contribution in [0.1, 0.15) is 92.4 Å². The molecular weight excluding hydrogens is 399 g/mol. The second-order valence-corrected chi connectivity index (χ2v) is 21.1. The summed E-state index contributed by atoms with van der Waals surface area (Å²) in [5, 5.41) is 9.39. The van der Waals surface area contributed by atoms with Crippen molar-refractivity contribution in [1.29, 1.82) is 0 Å². The summed E-state index contributed by atoms with van der Waals surface area (Å²) in [5.74, 6) is 0. The first kappa shape index (κ1) is 24.2. The Labute approximate surface area is 156 Å². The van der Waals surface area contributed by atoms with Crippen molar-refractivity contribution in [1.82, 2.24) is 0 Å². The first-order valence-corrected chi connectivity index (χ1v) is 18.0. The molecule has 0 aliphatic rings. The number of unbranched alkanes of at least 4 members (excludes halogenated alkanes) is 3. The van der Waals surface area contributed by atoms with E-state index >= 15 is 0 Å². The Morgan fingerprint density at radius 1 is 0.792 bits per heavy atom. The second kappa shape index (κ2) is 15.5. The van der Waals surface area contributed by atoms with Crippen LogP contribution in [0.4, 0.5) is 0 Å². The number of aliphatic hydroxyl groups is 1. The van der Waals surface area contributed by atoms with Crippen molar-refractivity contribution >= 4 is 18.4 Å². The van der Waals surface area contributed by atoms with Gasteiger partial charge in [-0.25, -0.2) is 0 Å². The Bertz CT molecular complexity index is 331. The topological polar surface area (TPSA) is 20.2 Å². The van der Waals surface area contributed by atoms with Crippen molar-refractivity contribution in [3.8, 4) is 0 Å². The number of rotatable bonds is 15. The molecule has 0 atom stereocenters. The first-order valence-electron chi connectivity index (χ1n) is 10.5. The van der Waals surface area contributed by atoms with Gasteiger partial charge in [-0.1, -0.05) is 0 Å². The zero-order chi connectivity index (χ0) is 18.3. The quantitative estimate of drug-likeness (QED) is 0.206. The second-order valence-electron chi connectivity index (χ2n) is 7.65. The van der Waals surface area contributed by atoms with Crippen LogP contribution >= 0.6 is 0 Å². The fourth-order valence-electron chi connectivity index (χ4n) is 3.74. The molecule has 142 valence electrons.